The molecule has 0 bridgehead atoms. The summed E-state index contributed by atoms with van der Waals surface area (Å²) in [6.45, 7) is 6.01. The van der Waals surface area contributed by atoms with E-state index in [0.29, 0.717) is 5.92 Å². The van der Waals surface area contributed by atoms with Crippen LogP contribution in [0.2, 0.25) is 0 Å². The molecule has 2 fully saturated rings. The topological polar surface area (TPSA) is 96.5 Å². The molecule has 203 valence electrons. The Morgan fingerprint density at radius 1 is 1.05 bits per heavy atom. The lowest BCUT2D eigenvalue weighted by Gasteiger charge is -2.30. The Hall–Kier alpha value is -3.43. The Morgan fingerprint density at radius 3 is 2.51 bits per heavy atom. The third kappa shape index (κ3) is 5.25. The number of nitrogens with two attached hydrogens (primary N) is 2. The van der Waals surface area contributed by atoms with E-state index in [-0.39, 0.29) is 12.2 Å². The van der Waals surface area contributed by atoms with Crippen LogP contribution in [0.25, 0.3) is 5.57 Å². The van der Waals surface area contributed by atoms with Crippen molar-refractivity contribution in [1.29, 1.82) is 0 Å². The van der Waals surface area contributed by atoms with Gasteiger partial charge in [-0.2, -0.15) is 0 Å². The van der Waals surface area contributed by atoms with E-state index in [1.54, 1.807) is 0 Å². The summed E-state index contributed by atoms with van der Waals surface area (Å²) < 4.78 is 10.7. The van der Waals surface area contributed by atoms with Gasteiger partial charge in [0.2, 0.25) is 0 Å². The van der Waals surface area contributed by atoms with Gasteiger partial charge in [0.05, 0.1) is 12.2 Å². The van der Waals surface area contributed by atoms with Gasteiger partial charge in [0.25, 0.3) is 5.84 Å². The molecule has 1 aromatic carbocycles. The fourth-order valence-electron chi connectivity index (χ4n) is 6.49. The first-order valence-electron chi connectivity index (χ1n) is 14.3. The summed E-state index contributed by atoms with van der Waals surface area (Å²) in [5, 5.41) is 3.56. The van der Waals surface area contributed by atoms with Crippen molar-refractivity contribution in [2.45, 2.75) is 64.6 Å². The van der Waals surface area contributed by atoms with Gasteiger partial charge in [-0.3, -0.25) is 15.2 Å². The lowest BCUT2D eigenvalue weighted by atomic mass is 9.86. The summed E-state index contributed by atoms with van der Waals surface area (Å²) >= 11 is 0. The van der Waals surface area contributed by atoms with Gasteiger partial charge in [-0.15, -0.1) is 0 Å². The number of fused-ring (bicyclic) bond motifs is 2. The van der Waals surface area contributed by atoms with E-state index in [9.17, 15) is 0 Å². The van der Waals surface area contributed by atoms with Crippen molar-refractivity contribution >= 4 is 30.5 Å². The van der Waals surface area contributed by atoms with Crippen molar-refractivity contribution in [3.8, 4) is 0 Å². The molecule has 4 heterocycles. The van der Waals surface area contributed by atoms with E-state index >= 15 is 0 Å². The summed E-state index contributed by atoms with van der Waals surface area (Å²) in [6, 6.07) is 12.5. The van der Waals surface area contributed by atoms with E-state index in [2.05, 4.69) is 82.4 Å². The molecule has 6 rings (SSSR count). The SMILES string of the molecule is CC1C[N+](=C2C=CC3=C(c4ccc(N)cc4)c4ccc(NC=C(CC5CCCCC5)NN)n4[B]N32)CC(C)O1. The number of hydrogen-bond acceptors (Lipinski definition) is 5. The van der Waals surface area contributed by atoms with Crippen LogP contribution in [-0.4, -0.2) is 52.5 Å². The highest BCUT2D eigenvalue weighted by atomic mass is 16.5. The summed E-state index contributed by atoms with van der Waals surface area (Å²) in [4.78, 5) is 2.31. The minimum absolute atomic E-state index is 0.180. The maximum Gasteiger partial charge on any atom is 0.553 e. The Morgan fingerprint density at radius 2 is 1.79 bits per heavy atom. The van der Waals surface area contributed by atoms with Crippen molar-refractivity contribution in [3.63, 3.8) is 0 Å². The zero-order valence-electron chi connectivity index (χ0n) is 23.1. The number of amidine groups is 1. The van der Waals surface area contributed by atoms with Crippen LogP contribution in [0.4, 0.5) is 11.5 Å². The molecule has 39 heavy (non-hydrogen) atoms. The first kappa shape index (κ1) is 25.8. The van der Waals surface area contributed by atoms with Crippen LogP contribution in [0.1, 0.15) is 63.6 Å². The summed E-state index contributed by atoms with van der Waals surface area (Å²) in [5.74, 6) is 8.80. The van der Waals surface area contributed by atoms with Gasteiger partial charge >= 0.3 is 7.55 Å². The zero-order valence-corrected chi connectivity index (χ0v) is 23.1. The largest absolute Gasteiger partial charge is 0.553 e. The number of nitrogen functional groups attached to an aromatic ring is 1. The maximum absolute atomic E-state index is 6.05. The average Bonchev–Trinajstić information content (AvgIpc) is 3.54. The molecule has 1 saturated carbocycles. The number of ether oxygens (including phenoxy) is 1. The fourth-order valence-corrected chi connectivity index (χ4v) is 6.49. The van der Waals surface area contributed by atoms with E-state index < -0.39 is 0 Å². The Balaban J connectivity index is 1.36. The molecule has 2 atom stereocenters. The number of morpholine rings is 1. The Kier molecular flexibility index (Phi) is 7.27. The summed E-state index contributed by atoms with van der Waals surface area (Å²) in [6.07, 6.45) is 14.4. The maximum atomic E-state index is 6.05. The van der Waals surface area contributed by atoms with E-state index in [0.717, 1.165) is 53.7 Å². The number of nitrogens with one attached hydrogen (secondary N) is 2. The molecular weight excluding hydrogens is 485 g/mol. The molecule has 1 aromatic heterocycles. The number of hydrogen-bond donors (Lipinski definition) is 4. The molecule has 3 aliphatic heterocycles. The van der Waals surface area contributed by atoms with Gasteiger partial charge in [0, 0.05) is 34.9 Å². The lowest BCUT2D eigenvalue weighted by Crippen LogP contribution is -2.48. The number of rotatable bonds is 6. The van der Waals surface area contributed by atoms with Gasteiger partial charge in [0.15, 0.2) is 0 Å². The molecule has 1 aliphatic carbocycles. The molecule has 1 radical (unpaired) electrons. The van der Waals surface area contributed by atoms with E-state index in [1.807, 2.05) is 18.3 Å². The number of hydrazine groups is 1. The smallest absolute Gasteiger partial charge is 0.399 e. The van der Waals surface area contributed by atoms with E-state index in [4.69, 9.17) is 16.3 Å². The standard InChI is InChI=1S/C30H39BN7O/c1-20-18-36(19-21(2)39-20)29-15-13-27-30(23-8-10-24(32)11-9-23)26-12-14-28(37(26)31-38(27)29)34-17-25(35-33)16-22-6-4-3-5-7-22/h8-15,17,20-22,35H,3-7,16,18-19,33H2,1-2H3,(H2,32,34)/p+1. The number of anilines is 2. The second-order valence-electron chi connectivity index (χ2n) is 11.4. The number of nitrogens with zero attached hydrogens (tertiary/aromatic N) is 3. The monoisotopic (exact) mass is 525 g/mol. The third-order valence-corrected chi connectivity index (χ3v) is 8.31. The second-order valence-corrected chi connectivity index (χ2v) is 11.4. The summed E-state index contributed by atoms with van der Waals surface area (Å²) in [7, 11) is 2.19. The highest BCUT2D eigenvalue weighted by molar-refractivity contribution is 6.41. The predicted molar refractivity (Wildman–Crippen MR) is 159 cm³/mol. The van der Waals surface area contributed by atoms with Crippen LogP contribution in [0.15, 0.2) is 66.1 Å². The normalized spacial score (nSPS) is 23.6. The van der Waals surface area contributed by atoms with Crippen molar-refractivity contribution < 1.29 is 9.31 Å². The predicted octanol–water partition coefficient (Wildman–Crippen LogP) is 4.00. The molecule has 4 aliphatic rings. The van der Waals surface area contributed by atoms with Gasteiger partial charge in [-0.1, -0.05) is 44.2 Å². The molecule has 6 N–H and O–H groups in total. The van der Waals surface area contributed by atoms with Crippen molar-refractivity contribution in [2.75, 3.05) is 24.1 Å². The molecule has 2 aromatic rings. The van der Waals surface area contributed by atoms with Crippen molar-refractivity contribution in [3.05, 3.63) is 77.4 Å². The second kappa shape index (κ2) is 11.0. The molecular formula is C30H40BN7O+. The average molecular weight is 526 g/mol. The van der Waals surface area contributed by atoms with Crippen LogP contribution in [0, 0.1) is 5.92 Å². The van der Waals surface area contributed by atoms with Crippen molar-refractivity contribution in [2.24, 2.45) is 11.8 Å². The molecule has 1 saturated heterocycles. The lowest BCUT2D eigenvalue weighted by molar-refractivity contribution is -0.568. The molecule has 8 nitrogen and oxygen atoms in total. The third-order valence-electron chi connectivity index (χ3n) is 8.31. The molecule has 0 amide bonds. The molecule has 2 unspecified atom stereocenters. The highest BCUT2D eigenvalue weighted by Crippen LogP contribution is 2.38. The fraction of sp³-hybridized carbons (Fsp3) is 0.433. The number of benzene rings is 1. The van der Waals surface area contributed by atoms with Crippen LogP contribution in [-0.2, 0) is 4.74 Å². The van der Waals surface area contributed by atoms with Gasteiger partial charge in [-0.05, 0) is 62.1 Å². The number of aromatic nitrogens is 1. The highest BCUT2D eigenvalue weighted by Gasteiger charge is 2.41. The number of allylic oxidation sites excluding steroid dienone is 2. The van der Waals surface area contributed by atoms with Crippen LogP contribution in [0.3, 0.4) is 0 Å². The van der Waals surface area contributed by atoms with Gasteiger partial charge in [-0.25, -0.2) is 0 Å². The van der Waals surface area contributed by atoms with Crippen LogP contribution >= 0.6 is 0 Å². The minimum Gasteiger partial charge on any atom is -0.399 e. The van der Waals surface area contributed by atoms with Gasteiger partial charge < -0.3 is 25.7 Å². The first-order chi connectivity index (χ1) is 19.0. The molecule has 9 heteroatoms. The minimum atomic E-state index is 0.180. The van der Waals surface area contributed by atoms with Crippen LogP contribution in [0.5, 0.6) is 0 Å². The molecule has 0 spiro atoms. The Bertz CT molecular complexity index is 1320. The van der Waals surface area contributed by atoms with Crippen LogP contribution < -0.4 is 22.3 Å². The van der Waals surface area contributed by atoms with E-state index in [1.165, 1.54) is 43.5 Å². The Labute approximate surface area is 232 Å². The van der Waals surface area contributed by atoms with Gasteiger partial charge in [0.1, 0.15) is 24.6 Å². The summed E-state index contributed by atoms with van der Waals surface area (Å²) in [5.41, 5.74) is 15.4. The van der Waals surface area contributed by atoms with Crippen molar-refractivity contribution in [1.82, 2.24) is 14.7 Å². The zero-order chi connectivity index (χ0) is 26.9. The quantitative estimate of drug-likeness (QED) is 0.150. The first-order valence-corrected chi connectivity index (χ1v) is 14.3.